The number of hydrogen-bond acceptors (Lipinski definition) is 6. The van der Waals surface area contributed by atoms with Crippen molar-refractivity contribution >= 4 is 15.9 Å². The van der Waals surface area contributed by atoms with Gasteiger partial charge in [-0.2, -0.15) is 4.31 Å². The number of rotatable bonds is 7. The molecule has 0 bridgehead atoms. The van der Waals surface area contributed by atoms with E-state index < -0.39 is 10.0 Å². The molecule has 168 valence electrons. The molecule has 1 saturated heterocycles. The van der Waals surface area contributed by atoms with Crippen LogP contribution in [0.25, 0.3) is 0 Å². The summed E-state index contributed by atoms with van der Waals surface area (Å²) in [6.07, 6.45) is 0. The molecule has 3 rings (SSSR count). The Morgan fingerprint density at radius 1 is 0.935 bits per heavy atom. The SMILES string of the molecule is COc1ccc(OC)c(S(=O)(=O)N2CCN(C(=O)COc3ccc(C)cc3C)CC2)c1. The summed E-state index contributed by atoms with van der Waals surface area (Å²) in [6, 6.07) is 10.4. The summed E-state index contributed by atoms with van der Waals surface area (Å²) in [5, 5.41) is 0. The van der Waals surface area contributed by atoms with Gasteiger partial charge >= 0.3 is 0 Å². The van der Waals surface area contributed by atoms with Crippen LogP contribution in [0, 0.1) is 13.8 Å². The van der Waals surface area contributed by atoms with Gasteiger partial charge in [0, 0.05) is 32.2 Å². The number of carbonyl (C=O) groups excluding carboxylic acids is 1. The average molecular weight is 449 g/mol. The number of benzene rings is 2. The van der Waals surface area contributed by atoms with E-state index in [4.69, 9.17) is 14.2 Å². The van der Waals surface area contributed by atoms with Crippen LogP contribution in [0.1, 0.15) is 11.1 Å². The number of ether oxygens (including phenoxy) is 3. The van der Waals surface area contributed by atoms with Crippen molar-refractivity contribution in [3.8, 4) is 17.2 Å². The molecule has 2 aromatic rings. The van der Waals surface area contributed by atoms with Crippen LogP contribution in [0.2, 0.25) is 0 Å². The lowest BCUT2D eigenvalue weighted by molar-refractivity contribution is -0.134. The second-order valence-electron chi connectivity index (χ2n) is 7.36. The third kappa shape index (κ3) is 5.11. The van der Waals surface area contributed by atoms with Gasteiger partial charge in [0.25, 0.3) is 5.91 Å². The van der Waals surface area contributed by atoms with Crippen LogP contribution in [0.5, 0.6) is 17.2 Å². The molecule has 1 heterocycles. The highest BCUT2D eigenvalue weighted by Gasteiger charge is 2.32. The second kappa shape index (κ2) is 9.57. The van der Waals surface area contributed by atoms with Gasteiger partial charge in [0.2, 0.25) is 10.0 Å². The Hall–Kier alpha value is -2.78. The molecular weight excluding hydrogens is 420 g/mol. The van der Waals surface area contributed by atoms with Crippen molar-refractivity contribution in [3.63, 3.8) is 0 Å². The Balaban J connectivity index is 1.62. The smallest absolute Gasteiger partial charge is 0.260 e. The Morgan fingerprint density at radius 3 is 2.23 bits per heavy atom. The Bertz CT molecular complexity index is 1050. The zero-order valence-corrected chi connectivity index (χ0v) is 19.1. The number of piperazine rings is 1. The fourth-order valence-electron chi connectivity index (χ4n) is 3.49. The van der Waals surface area contributed by atoms with Gasteiger partial charge < -0.3 is 19.1 Å². The number of aryl methyl sites for hydroxylation is 2. The molecule has 0 N–H and O–H groups in total. The molecule has 2 aromatic carbocycles. The maximum Gasteiger partial charge on any atom is 0.260 e. The van der Waals surface area contributed by atoms with E-state index in [0.717, 1.165) is 11.1 Å². The zero-order chi connectivity index (χ0) is 22.6. The molecule has 8 nitrogen and oxygen atoms in total. The zero-order valence-electron chi connectivity index (χ0n) is 18.3. The highest BCUT2D eigenvalue weighted by atomic mass is 32.2. The summed E-state index contributed by atoms with van der Waals surface area (Å²) < 4.78 is 43.7. The number of amides is 1. The maximum absolute atomic E-state index is 13.1. The van der Waals surface area contributed by atoms with Gasteiger partial charge in [0.15, 0.2) is 6.61 Å². The predicted molar refractivity (Wildman–Crippen MR) is 116 cm³/mol. The molecule has 0 spiro atoms. The van der Waals surface area contributed by atoms with Crippen molar-refractivity contribution in [3.05, 3.63) is 47.5 Å². The Morgan fingerprint density at radius 2 is 1.61 bits per heavy atom. The summed E-state index contributed by atoms with van der Waals surface area (Å²) in [6.45, 7) is 4.82. The third-order valence-electron chi connectivity index (χ3n) is 5.26. The van der Waals surface area contributed by atoms with Crippen molar-refractivity contribution in [2.24, 2.45) is 0 Å². The molecule has 0 aromatic heterocycles. The molecule has 1 aliphatic rings. The normalized spacial score (nSPS) is 14.9. The summed E-state index contributed by atoms with van der Waals surface area (Å²) in [7, 11) is -0.894. The summed E-state index contributed by atoms with van der Waals surface area (Å²) in [5.74, 6) is 1.18. The fraction of sp³-hybridized carbons (Fsp3) is 0.409. The van der Waals surface area contributed by atoms with Crippen LogP contribution >= 0.6 is 0 Å². The fourth-order valence-corrected chi connectivity index (χ4v) is 5.09. The van der Waals surface area contributed by atoms with E-state index in [1.165, 1.54) is 24.6 Å². The topological polar surface area (TPSA) is 85.4 Å². The van der Waals surface area contributed by atoms with Crippen molar-refractivity contribution in [1.29, 1.82) is 0 Å². The van der Waals surface area contributed by atoms with E-state index in [9.17, 15) is 13.2 Å². The highest BCUT2D eigenvalue weighted by Crippen LogP contribution is 2.31. The molecule has 0 unspecified atom stereocenters. The first-order valence-electron chi connectivity index (χ1n) is 9.96. The van der Waals surface area contributed by atoms with Gasteiger partial charge in [-0.3, -0.25) is 4.79 Å². The number of sulfonamides is 1. The molecule has 1 fully saturated rings. The van der Waals surface area contributed by atoms with E-state index in [0.29, 0.717) is 24.6 Å². The van der Waals surface area contributed by atoms with E-state index in [1.54, 1.807) is 17.0 Å². The molecule has 0 radical (unpaired) electrons. The largest absolute Gasteiger partial charge is 0.497 e. The standard InChI is InChI=1S/C22H28N2O6S/c1-16-5-7-19(17(2)13-16)30-15-22(25)23-9-11-24(12-10-23)31(26,27)21-14-18(28-3)6-8-20(21)29-4/h5-8,13-14H,9-12,15H2,1-4H3. The minimum atomic E-state index is -3.79. The van der Waals surface area contributed by atoms with Crippen LogP contribution < -0.4 is 14.2 Å². The minimum Gasteiger partial charge on any atom is -0.497 e. The molecule has 31 heavy (non-hydrogen) atoms. The first-order chi connectivity index (χ1) is 14.8. The molecule has 9 heteroatoms. The lowest BCUT2D eigenvalue weighted by Crippen LogP contribution is -2.51. The lowest BCUT2D eigenvalue weighted by atomic mass is 10.1. The van der Waals surface area contributed by atoms with Crippen LogP contribution in [-0.2, 0) is 14.8 Å². The molecule has 1 amide bonds. The van der Waals surface area contributed by atoms with E-state index >= 15 is 0 Å². The predicted octanol–water partition coefficient (Wildman–Crippen LogP) is 2.23. The van der Waals surface area contributed by atoms with Crippen LogP contribution in [0.4, 0.5) is 0 Å². The number of methoxy groups -OCH3 is 2. The number of nitrogens with zero attached hydrogens (tertiary/aromatic N) is 2. The molecule has 1 aliphatic heterocycles. The van der Waals surface area contributed by atoms with Crippen molar-refractivity contribution in [2.75, 3.05) is 47.0 Å². The molecule has 0 aliphatic carbocycles. The van der Waals surface area contributed by atoms with Gasteiger partial charge in [0.1, 0.15) is 22.1 Å². The third-order valence-corrected chi connectivity index (χ3v) is 7.18. The van der Waals surface area contributed by atoms with Crippen molar-refractivity contribution < 1.29 is 27.4 Å². The van der Waals surface area contributed by atoms with Crippen LogP contribution in [0.15, 0.2) is 41.3 Å². The monoisotopic (exact) mass is 448 g/mol. The van der Waals surface area contributed by atoms with Crippen molar-refractivity contribution in [2.45, 2.75) is 18.7 Å². The van der Waals surface area contributed by atoms with Crippen LogP contribution in [0.3, 0.4) is 0 Å². The summed E-state index contributed by atoms with van der Waals surface area (Å²) in [5.41, 5.74) is 2.09. The van der Waals surface area contributed by atoms with E-state index in [2.05, 4.69) is 0 Å². The van der Waals surface area contributed by atoms with E-state index in [-0.39, 0.29) is 36.2 Å². The second-order valence-corrected chi connectivity index (χ2v) is 9.27. The quantitative estimate of drug-likeness (QED) is 0.646. The maximum atomic E-state index is 13.1. The molecule has 0 atom stereocenters. The summed E-state index contributed by atoms with van der Waals surface area (Å²) >= 11 is 0. The molecule has 0 saturated carbocycles. The van der Waals surface area contributed by atoms with E-state index in [1.807, 2.05) is 32.0 Å². The Labute approximate surface area is 183 Å². The van der Waals surface area contributed by atoms with Gasteiger partial charge in [-0.15, -0.1) is 0 Å². The molecular formula is C22H28N2O6S. The highest BCUT2D eigenvalue weighted by molar-refractivity contribution is 7.89. The number of carbonyl (C=O) groups is 1. The van der Waals surface area contributed by atoms with Crippen LogP contribution in [-0.4, -0.2) is 70.5 Å². The number of hydrogen-bond donors (Lipinski definition) is 0. The lowest BCUT2D eigenvalue weighted by Gasteiger charge is -2.34. The van der Waals surface area contributed by atoms with Crippen molar-refractivity contribution in [1.82, 2.24) is 9.21 Å². The van der Waals surface area contributed by atoms with Gasteiger partial charge in [-0.1, -0.05) is 17.7 Å². The average Bonchev–Trinajstić information content (AvgIpc) is 2.77. The van der Waals surface area contributed by atoms with Gasteiger partial charge in [0.05, 0.1) is 14.2 Å². The first kappa shape index (κ1) is 22.9. The minimum absolute atomic E-state index is 0.0484. The summed E-state index contributed by atoms with van der Waals surface area (Å²) in [4.78, 5) is 14.2. The van der Waals surface area contributed by atoms with Gasteiger partial charge in [-0.05, 0) is 37.6 Å². The Kier molecular flexibility index (Phi) is 7.07. The van der Waals surface area contributed by atoms with Gasteiger partial charge in [-0.25, -0.2) is 8.42 Å². The first-order valence-corrected chi connectivity index (χ1v) is 11.4.